The molecule has 0 rings (SSSR count). The molecule has 0 aliphatic heterocycles. The summed E-state index contributed by atoms with van der Waals surface area (Å²) in [6, 6.07) is 0. The summed E-state index contributed by atoms with van der Waals surface area (Å²) < 4.78 is 0. The van der Waals surface area contributed by atoms with Crippen LogP contribution in [-0.4, -0.2) is 11.1 Å². The standard InChI is InChI=1S/C12H18O2/c1-4-7-10(2)11(3)8-5-6-9-12(13)14/h4,7-8H,1,5-6,9H2,2-3H3,(H,13,14)/b10-7-,11-8-. The van der Waals surface area contributed by atoms with E-state index in [1.165, 1.54) is 11.1 Å². The Morgan fingerprint density at radius 2 is 2.00 bits per heavy atom. The molecule has 0 aliphatic carbocycles. The van der Waals surface area contributed by atoms with Gasteiger partial charge in [0, 0.05) is 6.42 Å². The summed E-state index contributed by atoms with van der Waals surface area (Å²) in [6.45, 7) is 7.66. The first-order valence-electron chi connectivity index (χ1n) is 4.76. The van der Waals surface area contributed by atoms with Crippen molar-refractivity contribution in [2.45, 2.75) is 33.1 Å². The maximum absolute atomic E-state index is 10.2. The van der Waals surface area contributed by atoms with Crippen LogP contribution in [0.5, 0.6) is 0 Å². The Bertz CT molecular complexity index is 259. The van der Waals surface area contributed by atoms with Gasteiger partial charge < -0.3 is 5.11 Å². The maximum Gasteiger partial charge on any atom is 0.303 e. The molecule has 0 atom stereocenters. The van der Waals surface area contributed by atoms with Crippen molar-refractivity contribution < 1.29 is 9.90 Å². The Balaban J connectivity index is 3.94. The second kappa shape index (κ2) is 7.13. The van der Waals surface area contributed by atoms with Crippen LogP contribution in [0.15, 0.2) is 36.0 Å². The fourth-order valence-corrected chi connectivity index (χ4v) is 1.04. The van der Waals surface area contributed by atoms with E-state index in [0.29, 0.717) is 6.42 Å². The molecular formula is C12H18O2. The van der Waals surface area contributed by atoms with Gasteiger partial charge in [0.25, 0.3) is 0 Å². The summed E-state index contributed by atoms with van der Waals surface area (Å²) in [5.74, 6) is -0.727. The van der Waals surface area contributed by atoms with Gasteiger partial charge in [0.05, 0.1) is 0 Å². The molecule has 14 heavy (non-hydrogen) atoms. The van der Waals surface area contributed by atoms with E-state index in [4.69, 9.17) is 5.11 Å². The first-order chi connectivity index (χ1) is 6.57. The van der Waals surface area contributed by atoms with Crippen LogP contribution in [0.3, 0.4) is 0 Å². The van der Waals surface area contributed by atoms with Crippen LogP contribution in [0.2, 0.25) is 0 Å². The van der Waals surface area contributed by atoms with Crippen molar-refractivity contribution >= 4 is 5.97 Å². The van der Waals surface area contributed by atoms with E-state index in [1.54, 1.807) is 6.08 Å². The van der Waals surface area contributed by atoms with Gasteiger partial charge in [-0.1, -0.05) is 30.4 Å². The van der Waals surface area contributed by atoms with Crippen LogP contribution < -0.4 is 0 Å². The molecule has 2 nitrogen and oxygen atoms in total. The maximum atomic E-state index is 10.2. The molecule has 0 bridgehead atoms. The van der Waals surface area contributed by atoms with Crippen LogP contribution >= 0.6 is 0 Å². The predicted octanol–water partition coefficient (Wildman–Crippen LogP) is 3.32. The van der Waals surface area contributed by atoms with Gasteiger partial charge in [0.15, 0.2) is 0 Å². The minimum Gasteiger partial charge on any atom is -0.481 e. The number of hydrogen-bond acceptors (Lipinski definition) is 1. The Labute approximate surface area is 85.6 Å². The van der Waals surface area contributed by atoms with Gasteiger partial charge in [-0.25, -0.2) is 0 Å². The molecule has 1 N–H and O–H groups in total. The second-order valence-corrected chi connectivity index (χ2v) is 3.26. The summed E-state index contributed by atoms with van der Waals surface area (Å²) in [4.78, 5) is 10.2. The van der Waals surface area contributed by atoms with Crippen LogP contribution in [0.25, 0.3) is 0 Å². The number of carboxylic acid groups (broad SMARTS) is 1. The van der Waals surface area contributed by atoms with Gasteiger partial charge in [0.2, 0.25) is 0 Å². The van der Waals surface area contributed by atoms with Gasteiger partial charge in [-0.15, -0.1) is 0 Å². The average Bonchev–Trinajstić information content (AvgIpc) is 2.12. The normalized spacial score (nSPS) is 12.7. The molecule has 0 heterocycles. The lowest BCUT2D eigenvalue weighted by Gasteiger charge is -1.99. The molecular weight excluding hydrogens is 176 g/mol. The lowest BCUT2D eigenvalue weighted by Crippen LogP contribution is -1.92. The van der Waals surface area contributed by atoms with Crippen molar-refractivity contribution in [1.82, 2.24) is 0 Å². The minimum atomic E-state index is -0.727. The van der Waals surface area contributed by atoms with Crippen LogP contribution in [0.1, 0.15) is 33.1 Å². The quantitative estimate of drug-likeness (QED) is 0.520. The Morgan fingerprint density at radius 1 is 1.36 bits per heavy atom. The van der Waals surface area contributed by atoms with Crippen LogP contribution in [0.4, 0.5) is 0 Å². The van der Waals surface area contributed by atoms with Gasteiger partial charge in [0.1, 0.15) is 0 Å². The first kappa shape index (κ1) is 12.7. The molecule has 0 radical (unpaired) electrons. The summed E-state index contributed by atoms with van der Waals surface area (Å²) in [5.41, 5.74) is 2.37. The number of allylic oxidation sites excluding steroid dienone is 5. The monoisotopic (exact) mass is 194 g/mol. The van der Waals surface area contributed by atoms with E-state index < -0.39 is 5.97 Å². The van der Waals surface area contributed by atoms with E-state index in [1.807, 2.05) is 19.9 Å². The van der Waals surface area contributed by atoms with E-state index in [9.17, 15) is 4.79 Å². The second-order valence-electron chi connectivity index (χ2n) is 3.26. The van der Waals surface area contributed by atoms with Crippen LogP contribution in [-0.2, 0) is 4.79 Å². The van der Waals surface area contributed by atoms with E-state index in [2.05, 4.69) is 12.7 Å². The van der Waals surface area contributed by atoms with Crippen LogP contribution in [0, 0.1) is 0 Å². The number of carboxylic acids is 1. The number of hydrogen-bond donors (Lipinski definition) is 1. The van der Waals surface area contributed by atoms with E-state index >= 15 is 0 Å². The largest absolute Gasteiger partial charge is 0.481 e. The lowest BCUT2D eigenvalue weighted by molar-refractivity contribution is -0.137. The lowest BCUT2D eigenvalue weighted by atomic mass is 10.1. The molecule has 0 aromatic rings. The molecule has 0 aliphatic rings. The molecule has 0 saturated carbocycles. The highest BCUT2D eigenvalue weighted by Crippen LogP contribution is 2.10. The Hall–Kier alpha value is -1.31. The molecule has 0 unspecified atom stereocenters. The topological polar surface area (TPSA) is 37.3 Å². The first-order valence-corrected chi connectivity index (χ1v) is 4.76. The van der Waals surface area contributed by atoms with Crippen molar-refractivity contribution in [2.24, 2.45) is 0 Å². The number of rotatable bonds is 6. The van der Waals surface area contributed by atoms with E-state index in [0.717, 1.165) is 6.42 Å². The summed E-state index contributed by atoms with van der Waals surface area (Å²) >= 11 is 0. The smallest absolute Gasteiger partial charge is 0.303 e. The molecule has 78 valence electrons. The highest BCUT2D eigenvalue weighted by atomic mass is 16.4. The predicted molar refractivity (Wildman–Crippen MR) is 59.2 cm³/mol. The molecule has 0 aromatic carbocycles. The highest BCUT2D eigenvalue weighted by molar-refractivity contribution is 5.66. The van der Waals surface area contributed by atoms with Gasteiger partial charge >= 0.3 is 5.97 Å². The summed E-state index contributed by atoms with van der Waals surface area (Å²) in [5, 5.41) is 8.43. The third-order valence-corrected chi connectivity index (χ3v) is 2.04. The zero-order chi connectivity index (χ0) is 11.0. The van der Waals surface area contributed by atoms with Crippen molar-refractivity contribution in [2.75, 3.05) is 0 Å². The average molecular weight is 194 g/mol. The fourth-order valence-electron chi connectivity index (χ4n) is 1.04. The fraction of sp³-hybridized carbons (Fsp3) is 0.417. The Kier molecular flexibility index (Phi) is 6.46. The Morgan fingerprint density at radius 3 is 2.50 bits per heavy atom. The number of aliphatic carboxylic acids is 1. The highest BCUT2D eigenvalue weighted by Gasteiger charge is 1.95. The molecule has 0 aromatic heterocycles. The van der Waals surface area contributed by atoms with Crippen molar-refractivity contribution in [1.29, 1.82) is 0 Å². The zero-order valence-corrected chi connectivity index (χ0v) is 8.92. The minimum absolute atomic E-state index is 0.244. The van der Waals surface area contributed by atoms with E-state index in [-0.39, 0.29) is 6.42 Å². The SMILES string of the molecule is C=C/C=C(C)\C(C)=C/CCCC(=O)O. The van der Waals surface area contributed by atoms with Crippen molar-refractivity contribution in [3.63, 3.8) is 0 Å². The van der Waals surface area contributed by atoms with Gasteiger partial charge in [-0.2, -0.15) is 0 Å². The number of carbonyl (C=O) groups is 1. The zero-order valence-electron chi connectivity index (χ0n) is 8.92. The van der Waals surface area contributed by atoms with Gasteiger partial charge in [-0.3, -0.25) is 4.79 Å². The molecule has 2 heteroatoms. The molecule has 0 saturated heterocycles. The molecule has 0 amide bonds. The van der Waals surface area contributed by atoms with Crippen molar-refractivity contribution in [3.8, 4) is 0 Å². The third-order valence-electron chi connectivity index (χ3n) is 2.04. The summed E-state index contributed by atoms with van der Waals surface area (Å²) in [7, 11) is 0. The molecule has 0 fully saturated rings. The third kappa shape index (κ3) is 6.23. The van der Waals surface area contributed by atoms with Gasteiger partial charge in [-0.05, 0) is 32.3 Å². The number of unbranched alkanes of at least 4 members (excludes halogenated alkanes) is 1. The molecule has 0 spiro atoms. The summed E-state index contributed by atoms with van der Waals surface area (Å²) in [6.07, 6.45) is 7.54. The van der Waals surface area contributed by atoms with Crippen molar-refractivity contribution in [3.05, 3.63) is 36.0 Å².